The fourth-order valence-electron chi connectivity index (χ4n) is 2.64. The van der Waals surface area contributed by atoms with Crippen molar-refractivity contribution >= 4 is 31.9 Å². The van der Waals surface area contributed by atoms with Gasteiger partial charge in [0, 0.05) is 10.5 Å². The van der Waals surface area contributed by atoms with E-state index in [0.29, 0.717) is 16.0 Å². The summed E-state index contributed by atoms with van der Waals surface area (Å²) in [4.78, 5) is 11.1. The van der Waals surface area contributed by atoms with Crippen molar-refractivity contribution in [3.8, 4) is 0 Å². The van der Waals surface area contributed by atoms with E-state index in [9.17, 15) is 13.2 Å². The number of nitrogens with one attached hydrogen (secondary N) is 1. The van der Waals surface area contributed by atoms with Crippen molar-refractivity contribution < 1.29 is 18.3 Å². The maximum atomic E-state index is 12.5. The number of benzene rings is 1. The summed E-state index contributed by atoms with van der Waals surface area (Å²) in [5.41, 5.74) is 0.547. The summed E-state index contributed by atoms with van der Waals surface area (Å²) in [5.74, 6) is -0.849. The zero-order valence-corrected chi connectivity index (χ0v) is 14.3. The largest absolute Gasteiger partial charge is 0.478 e. The van der Waals surface area contributed by atoms with E-state index < -0.39 is 16.0 Å². The number of hydrogen-bond donors (Lipinski definition) is 2. The minimum absolute atomic E-state index is 0.0148. The third-order valence-corrected chi connectivity index (χ3v) is 6.75. The first-order chi connectivity index (χ1) is 9.72. The van der Waals surface area contributed by atoms with E-state index in [1.165, 1.54) is 12.1 Å². The number of carbonyl (C=O) groups is 1. The van der Waals surface area contributed by atoms with E-state index in [-0.39, 0.29) is 16.5 Å². The van der Waals surface area contributed by atoms with Gasteiger partial charge in [0.15, 0.2) is 0 Å². The van der Waals surface area contributed by atoms with Crippen LogP contribution in [0.5, 0.6) is 0 Å². The average Bonchev–Trinajstić information content (AvgIpc) is 2.77. The van der Waals surface area contributed by atoms with Crippen molar-refractivity contribution in [2.45, 2.75) is 44.0 Å². The first-order valence-corrected chi connectivity index (χ1v) is 9.06. The lowest BCUT2D eigenvalue weighted by molar-refractivity contribution is 0.0696. The zero-order valence-electron chi connectivity index (χ0n) is 11.9. The Labute approximate surface area is 132 Å². The highest BCUT2D eigenvalue weighted by Gasteiger charge is 2.30. The molecule has 116 valence electrons. The van der Waals surface area contributed by atoms with Crippen LogP contribution in [0.15, 0.2) is 21.5 Å². The fourth-order valence-corrected chi connectivity index (χ4v) is 5.06. The second-order valence-electron chi connectivity index (χ2n) is 5.55. The fraction of sp³-hybridized carbons (Fsp3) is 0.500. The molecule has 0 radical (unpaired) electrons. The second kappa shape index (κ2) is 6.06. The van der Waals surface area contributed by atoms with Crippen molar-refractivity contribution in [2.24, 2.45) is 5.92 Å². The lowest BCUT2D eigenvalue weighted by Gasteiger charge is -2.18. The van der Waals surface area contributed by atoms with Crippen LogP contribution in [-0.2, 0) is 10.0 Å². The van der Waals surface area contributed by atoms with Crippen molar-refractivity contribution in [3.05, 3.63) is 27.7 Å². The maximum absolute atomic E-state index is 12.5. The van der Waals surface area contributed by atoms with E-state index in [2.05, 4.69) is 20.7 Å². The summed E-state index contributed by atoms with van der Waals surface area (Å²) in [6, 6.07) is 2.56. The minimum atomic E-state index is -3.75. The molecule has 0 bridgehead atoms. The Kier molecular flexibility index (Phi) is 4.75. The summed E-state index contributed by atoms with van der Waals surface area (Å²) in [7, 11) is -3.75. The van der Waals surface area contributed by atoms with Crippen molar-refractivity contribution in [1.82, 2.24) is 4.72 Å². The molecule has 1 aromatic rings. The monoisotopic (exact) mass is 375 g/mol. The van der Waals surface area contributed by atoms with Gasteiger partial charge in [0.1, 0.15) is 0 Å². The number of halogens is 1. The predicted molar refractivity (Wildman–Crippen MR) is 83.0 cm³/mol. The van der Waals surface area contributed by atoms with Crippen LogP contribution in [0.4, 0.5) is 0 Å². The predicted octanol–water partition coefficient (Wildman–Crippen LogP) is 2.92. The summed E-state index contributed by atoms with van der Waals surface area (Å²) >= 11 is 3.25. The normalized spacial score (nSPS) is 22.4. The topological polar surface area (TPSA) is 83.5 Å². The third kappa shape index (κ3) is 3.46. The van der Waals surface area contributed by atoms with Gasteiger partial charge in [0.05, 0.1) is 10.5 Å². The lowest BCUT2D eigenvalue weighted by Crippen LogP contribution is -2.36. The van der Waals surface area contributed by atoms with Crippen LogP contribution in [0.3, 0.4) is 0 Å². The molecule has 0 amide bonds. The Balaban J connectivity index is 2.41. The number of carboxylic acid groups (broad SMARTS) is 1. The molecule has 0 saturated heterocycles. The van der Waals surface area contributed by atoms with Gasteiger partial charge >= 0.3 is 5.97 Å². The molecule has 2 rings (SSSR count). The number of rotatable bonds is 4. The maximum Gasteiger partial charge on any atom is 0.335 e. The number of carboxylic acids is 1. The highest BCUT2D eigenvalue weighted by Crippen LogP contribution is 2.30. The van der Waals surface area contributed by atoms with Crippen molar-refractivity contribution in [1.29, 1.82) is 0 Å². The Bertz CT molecular complexity index is 672. The molecule has 1 aliphatic carbocycles. The van der Waals surface area contributed by atoms with Crippen molar-refractivity contribution in [2.75, 3.05) is 0 Å². The molecule has 2 N–H and O–H groups in total. The standard InChI is InChI=1S/C14H18BrNO4S/c1-8-4-3-5-11(8)16-21(19,20)12-7-10(14(17)18)6-9(2)13(12)15/h6-8,11,16H,3-5H2,1-2H3,(H,17,18). The van der Waals surface area contributed by atoms with Gasteiger partial charge in [-0.25, -0.2) is 17.9 Å². The number of hydrogen-bond acceptors (Lipinski definition) is 3. The minimum Gasteiger partial charge on any atom is -0.478 e. The molecular weight excluding hydrogens is 358 g/mol. The highest BCUT2D eigenvalue weighted by molar-refractivity contribution is 9.10. The van der Waals surface area contributed by atoms with Gasteiger partial charge in [0.2, 0.25) is 10.0 Å². The molecule has 1 saturated carbocycles. The molecule has 1 aliphatic rings. The van der Waals surface area contributed by atoms with Gasteiger partial charge < -0.3 is 5.11 Å². The highest BCUT2D eigenvalue weighted by atomic mass is 79.9. The lowest BCUT2D eigenvalue weighted by atomic mass is 10.1. The van der Waals surface area contributed by atoms with Crippen molar-refractivity contribution in [3.63, 3.8) is 0 Å². The van der Waals surface area contributed by atoms with Gasteiger partial charge in [-0.1, -0.05) is 13.3 Å². The molecule has 1 aromatic carbocycles. The summed E-state index contributed by atoms with van der Waals surface area (Å²) in [5, 5.41) is 9.09. The summed E-state index contributed by atoms with van der Waals surface area (Å²) in [6.45, 7) is 3.70. The van der Waals surface area contributed by atoms with E-state index in [4.69, 9.17) is 5.11 Å². The molecule has 0 heterocycles. The van der Waals surface area contributed by atoms with Crippen LogP contribution in [0.25, 0.3) is 0 Å². The van der Waals surface area contributed by atoms with Gasteiger partial charge in [-0.3, -0.25) is 0 Å². The van der Waals surface area contributed by atoms with E-state index in [0.717, 1.165) is 19.3 Å². The number of aromatic carboxylic acids is 1. The van der Waals surface area contributed by atoms with Gasteiger partial charge in [0.25, 0.3) is 0 Å². The molecule has 0 aromatic heterocycles. The third-order valence-electron chi connectivity index (χ3n) is 3.93. The molecule has 1 fully saturated rings. The van der Waals surface area contributed by atoms with E-state index in [1.807, 2.05) is 6.92 Å². The average molecular weight is 376 g/mol. The van der Waals surface area contributed by atoms with Crippen LogP contribution < -0.4 is 4.72 Å². The van der Waals surface area contributed by atoms with Crippen LogP contribution >= 0.6 is 15.9 Å². The Morgan fingerprint density at radius 3 is 2.57 bits per heavy atom. The molecule has 0 spiro atoms. The number of aryl methyl sites for hydroxylation is 1. The molecule has 5 nitrogen and oxygen atoms in total. The Morgan fingerprint density at radius 1 is 1.38 bits per heavy atom. The van der Waals surface area contributed by atoms with Gasteiger partial charge in [-0.15, -0.1) is 0 Å². The first-order valence-electron chi connectivity index (χ1n) is 6.78. The molecule has 2 unspecified atom stereocenters. The van der Waals surface area contributed by atoms with Gasteiger partial charge in [-0.05, 0) is 59.3 Å². The first kappa shape index (κ1) is 16.5. The smallest absolute Gasteiger partial charge is 0.335 e. The SMILES string of the molecule is Cc1cc(C(=O)O)cc(S(=O)(=O)NC2CCCC2C)c1Br. The number of sulfonamides is 1. The summed E-state index contributed by atoms with van der Waals surface area (Å²) in [6.07, 6.45) is 2.82. The van der Waals surface area contributed by atoms with Crippen LogP contribution in [-0.4, -0.2) is 25.5 Å². The molecule has 7 heteroatoms. The molecule has 21 heavy (non-hydrogen) atoms. The quantitative estimate of drug-likeness (QED) is 0.847. The molecular formula is C14H18BrNO4S. The van der Waals surface area contributed by atoms with E-state index >= 15 is 0 Å². The molecule has 0 aliphatic heterocycles. The van der Waals surface area contributed by atoms with Crippen LogP contribution in [0.2, 0.25) is 0 Å². The Morgan fingerprint density at radius 2 is 2.05 bits per heavy atom. The van der Waals surface area contributed by atoms with E-state index in [1.54, 1.807) is 6.92 Å². The summed E-state index contributed by atoms with van der Waals surface area (Å²) < 4.78 is 28.2. The molecule has 2 atom stereocenters. The van der Waals surface area contributed by atoms with Crippen LogP contribution in [0, 0.1) is 12.8 Å². The van der Waals surface area contributed by atoms with Gasteiger partial charge in [-0.2, -0.15) is 0 Å². The zero-order chi connectivity index (χ0) is 15.8. The Hall–Kier alpha value is -0.920. The second-order valence-corrected chi connectivity index (χ2v) is 8.02. The van der Waals surface area contributed by atoms with Crippen LogP contribution in [0.1, 0.15) is 42.1 Å².